The Balaban J connectivity index is 1.78. The molecular formula is C19H24N2OS. The van der Waals surface area contributed by atoms with Crippen LogP contribution in [0.25, 0.3) is 0 Å². The van der Waals surface area contributed by atoms with Gasteiger partial charge in [-0.25, -0.2) is 0 Å². The van der Waals surface area contributed by atoms with Gasteiger partial charge in [0.2, 0.25) is 0 Å². The van der Waals surface area contributed by atoms with Crippen LogP contribution in [0.5, 0.6) is 0 Å². The summed E-state index contributed by atoms with van der Waals surface area (Å²) in [5.74, 6) is 0.917. The van der Waals surface area contributed by atoms with Crippen LogP contribution in [0.3, 0.4) is 0 Å². The van der Waals surface area contributed by atoms with Crippen LogP contribution in [0, 0.1) is 0 Å². The molecule has 122 valence electrons. The summed E-state index contributed by atoms with van der Waals surface area (Å²) in [6, 6.07) is 18.2. The summed E-state index contributed by atoms with van der Waals surface area (Å²) >= 11 is 1.80. The molecular weight excluding hydrogens is 304 g/mol. The van der Waals surface area contributed by atoms with Gasteiger partial charge in [-0.15, -0.1) is 11.8 Å². The van der Waals surface area contributed by atoms with E-state index in [1.54, 1.807) is 11.8 Å². The van der Waals surface area contributed by atoms with Crippen molar-refractivity contribution in [3.8, 4) is 0 Å². The molecule has 0 aromatic heterocycles. The number of rotatable bonds is 8. The number of hydrogen-bond donors (Lipinski definition) is 1. The first-order valence-corrected chi connectivity index (χ1v) is 8.83. The van der Waals surface area contributed by atoms with E-state index in [0.29, 0.717) is 6.54 Å². The molecule has 0 atom stereocenters. The first-order valence-electron chi connectivity index (χ1n) is 7.85. The second-order valence-corrected chi connectivity index (χ2v) is 6.76. The number of thioether (sulfide) groups is 1. The molecule has 0 heterocycles. The lowest BCUT2D eigenvalue weighted by molar-refractivity contribution is 0.0952. The van der Waals surface area contributed by atoms with Gasteiger partial charge in [0, 0.05) is 22.8 Å². The lowest BCUT2D eigenvalue weighted by Gasteiger charge is -2.10. The SMILES string of the molecule is CN(C)CCCNC(=O)c1ccc(CSc2ccccc2)cc1. The van der Waals surface area contributed by atoms with Gasteiger partial charge in [-0.2, -0.15) is 0 Å². The van der Waals surface area contributed by atoms with Crippen LogP contribution in [-0.2, 0) is 5.75 Å². The molecule has 0 saturated heterocycles. The van der Waals surface area contributed by atoms with Crippen molar-refractivity contribution in [3.63, 3.8) is 0 Å². The van der Waals surface area contributed by atoms with Gasteiger partial charge in [0.15, 0.2) is 0 Å². The maximum Gasteiger partial charge on any atom is 0.251 e. The number of benzene rings is 2. The molecule has 0 unspecified atom stereocenters. The second-order valence-electron chi connectivity index (χ2n) is 5.71. The quantitative estimate of drug-likeness (QED) is 0.593. The normalized spacial score (nSPS) is 10.7. The Kier molecular flexibility index (Phi) is 7.17. The van der Waals surface area contributed by atoms with E-state index in [2.05, 4.69) is 22.3 Å². The van der Waals surface area contributed by atoms with E-state index in [9.17, 15) is 4.79 Å². The van der Waals surface area contributed by atoms with Crippen LogP contribution in [-0.4, -0.2) is 38.0 Å². The fourth-order valence-corrected chi connectivity index (χ4v) is 3.01. The fraction of sp³-hybridized carbons (Fsp3) is 0.316. The van der Waals surface area contributed by atoms with E-state index in [1.165, 1.54) is 10.5 Å². The molecule has 3 nitrogen and oxygen atoms in total. The van der Waals surface area contributed by atoms with Gasteiger partial charge in [-0.3, -0.25) is 4.79 Å². The topological polar surface area (TPSA) is 32.3 Å². The van der Waals surface area contributed by atoms with Crippen LogP contribution < -0.4 is 5.32 Å². The van der Waals surface area contributed by atoms with Gasteiger partial charge >= 0.3 is 0 Å². The zero-order chi connectivity index (χ0) is 16.5. The predicted octanol–water partition coefficient (Wildman–Crippen LogP) is 3.66. The number of nitrogens with one attached hydrogen (secondary N) is 1. The second kappa shape index (κ2) is 9.38. The van der Waals surface area contributed by atoms with Gasteiger partial charge in [0.25, 0.3) is 5.91 Å². The summed E-state index contributed by atoms with van der Waals surface area (Å²) in [4.78, 5) is 15.4. The molecule has 0 fully saturated rings. The highest BCUT2D eigenvalue weighted by atomic mass is 32.2. The Labute approximate surface area is 143 Å². The first kappa shape index (κ1) is 17.6. The van der Waals surface area contributed by atoms with Crippen LogP contribution >= 0.6 is 11.8 Å². The van der Waals surface area contributed by atoms with E-state index < -0.39 is 0 Å². The number of hydrogen-bond acceptors (Lipinski definition) is 3. The minimum Gasteiger partial charge on any atom is -0.352 e. The molecule has 0 aliphatic heterocycles. The van der Waals surface area contributed by atoms with Gasteiger partial charge in [-0.1, -0.05) is 30.3 Å². The van der Waals surface area contributed by atoms with Crippen molar-refractivity contribution in [2.75, 3.05) is 27.2 Å². The highest BCUT2D eigenvalue weighted by Crippen LogP contribution is 2.22. The van der Waals surface area contributed by atoms with Crippen molar-refractivity contribution < 1.29 is 4.79 Å². The lowest BCUT2D eigenvalue weighted by atomic mass is 10.1. The molecule has 0 spiro atoms. The molecule has 0 bridgehead atoms. The minimum atomic E-state index is 0.00557. The Morgan fingerprint density at radius 2 is 1.74 bits per heavy atom. The van der Waals surface area contributed by atoms with Crippen molar-refractivity contribution in [2.45, 2.75) is 17.1 Å². The van der Waals surface area contributed by atoms with E-state index in [4.69, 9.17) is 0 Å². The van der Waals surface area contributed by atoms with Crippen LogP contribution in [0.2, 0.25) is 0 Å². The van der Waals surface area contributed by atoms with E-state index in [0.717, 1.165) is 24.3 Å². The first-order chi connectivity index (χ1) is 11.1. The van der Waals surface area contributed by atoms with Gasteiger partial charge < -0.3 is 10.2 Å². The Morgan fingerprint density at radius 1 is 1.04 bits per heavy atom. The lowest BCUT2D eigenvalue weighted by Crippen LogP contribution is -2.27. The molecule has 2 aromatic carbocycles. The average molecular weight is 328 g/mol. The Morgan fingerprint density at radius 3 is 2.39 bits per heavy atom. The van der Waals surface area contributed by atoms with Crippen molar-refractivity contribution >= 4 is 17.7 Å². The third-order valence-electron chi connectivity index (χ3n) is 3.43. The largest absolute Gasteiger partial charge is 0.352 e. The minimum absolute atomic E-state index is 0.00557. The monoisotopic (exact) mass is 328 g/mol. The van der Waals surface area contributed by atoms with Crippen molar-refractivity contribution in [1.82, 2.24) is 10.2 Å². The van der Waals surface area contributed by atoms with Crippen molar-refractivity contribution in [2.24, 2.45) is 0 Å². The summed E-state index contributed by atoms with van der Waals surface area (Å²) in [6.07, 6.45) is 0.963. The molecule has 0 aliphatic carbocycles. The molecule has 4 heteroatoms. The highest BCUT2D eigenvalue weighted by molar-refractivity contribution is 7.98. The molecule has 2 rings (SSSR count). The van der Waals surface area contributed by atoms with Gasteiger partial charge in [0.05, 0.1) is 0 Å². The third kappa shape index (κ3) is 6.47. The summed E-state index contributed by atoms with van der Waals surface area (Å²) in [6.45, 7) is 1.69. The van der Waals surface area contributed by atoms with Crippen LogP contribution in [0.1, 0.15) is 22.3 Å². The zero-order valence-electron chi connectivity index (χ0n) is 13.8. The third-order valence-corrected chi connectivity index (χ3v) is 4.52. The van der Waals surface area contributed by atoms with Crippen molar-refractivity contribution in [3.05, 3.63) is 65.7 Å². The average Bonchev–Trinajstić information content (AvgIpc) is 2.58. The number of amides is 1. The number of carbonyl (C=O) groups is 1. The Hall–Kier alpha value is -1.78. The molecule has 2 aromatic rings. The molecule has 0 saturated carbocycles. The summed E-state index contributed by atoms with van der Waals surface area (Å²) in [5.41, 5.74) is 1.95. The van der Waals surface area contributed by atoms with Crippen molar-refractivity contribution in [1.29, 1.82) is 0 Å². The molecule has 23 heavy (non-hydrogen) atoms. The van der Waals surface area contributed by atoms with Crippen LogP contribution in [0.15, 0.2) is 59.5 Å². The Bertz CT molecular complexity index is 597. The molecule has 1 N–H and O–H groups in total. The number of nitrogens with zero attached hydrogens (tertiary/aromatic N) is 1. The van der Waals surface area contributed by atoms with E-state index in [1.807, 2.05) is 56.6 Å². The summed E-state index contributed by atoms with van der Waals surface area (Å²) in [7, 11) is 4.07. The molecule has 0 radical (unpaired) electrons. The number of carbonyl (C=O) groups excluding carboxylic acids is 1. The fourth-order valence-electron chi connectivity index (χ4n) is 2.13. The van der Waals surface area contributed by atoms with Crippen LogP contribution in [0.4, 0.5) is 0 Å². The predicted molar refractivity (Wildman–Crippen MR) is 97.9 cm³/mol. The van der Waals surface area contributed by atoms with Gasteiger partial charge in [-0.05, 0) is 56.9 Å². The maximum absolute atomic E-state index is 12.1. The van der Waals surface area contributed by atoms with Gasteiger partial charge in [0.1, 0.15) is 0 Å². The summed E-state index contributed by atoms with van der Waals surface area (Å²) < 4.78 is 0. The standard InChI is InChI=1S/C19H24N2OS/c1-21(2)14-6-13-20-19(22)17-11-9-16(10-12-17)15-23-18-7-4-3-5-8-18/h3-5,7-12H,6,13-15H2,1-2H3,(H,20,22). The molecule has 0 aliphatic rings. The smallest absolute Gasteiger partial charge is 0.251 e. The summed E-state index contributed by atoms with van der Waals surface area (Å²) in [5, 5.41) is 2.96. The highest BCUT2D eigenvalue weighted by Gasteiger charge is 2.05. The molecule has 1 amide bonds. The zero-order valence-corrected chi connectivity index (χ0v) is 14.6. The van der Waals surface area contributed by atoms with E-state index in [-0.39, 0.29) is 5.91 Å². The van der Waals surface area contributed by atoms with E-state index >= 15 is 0 Å². The maximum atomic E-state index is 12.1.